The SMILES string of the molecule is CCC(=O)OC1(c2cccc(OC)c2)CCCCC1CN1CCCCC1. The highest BCUT2D eigenvalue weighted by Crippen LogP contribution is 2.46. The molecule has 1 aromatic carbocycles. The van der Waals surface area contributed by atoms with Crippen molar-refractivity contribution in [2.24, 2.45) is 5.92 Å². The van der Waals surface area contributed by atoms with Crippen molar-refractivity contribution >= 4 is 5.97 Å². The second-order valence-electron chi connectivity index (χ2n) is 7.75. The number of likely N-dealkylation sites (tertiary alicyclic amines) is 1. The van der Waals surface area contributed by atoms with E-state index in [1.165, 1.54) is 38.8 Å². The van der Waals surface area contributed by atoms with Crippen molar-refractivity contribution in [3.63, 3.8) is 0 Å². The highest BCUT2D eigenvalue weighted by atomic mass is 16.6. The lowest BCUT2D eigenvalue weighted by molar-refractivity contribution is -0.174. The van der Waals surface area contributed by atoms with Gasteiger partial charge in [0, 0.05) is 18.9 Å². The van der Waals surface area contributed by atoms with Crippen LogP contribution < -0.4 is 4.74 Å². The molecule has 0 radical (unpaired) electrons. The van der Waals surface area contributed by atoms with Crippen LogP contribution in [0, 0.1) is 5.92 Å². The van der Waals surface area contributed by atoms with Gasteiger partial charge in [0.15, 0.2) is 0 Å². The number of hydrogen-bond donors (Lipinski definition) is 0. The Kier molecular flexibility index (Phi) is 6.58. The average Bonchev–Trinajstić information content (AvgIpc) is 2.70. The molecule has 2 unspecified atom stereocenters. The first-order valence-electron chi connectivity index (χ1n) is 10.3. The number of rotatable bonds is 6. The van der Waals surface area contributed by atoms with E-state index in [4.69, 9.17) is 9.47 Å². The first-order chi connectivity index (χ1) is 12.7. The summed E-state index contributed by atoms with van der Waals surface area (Å²) >= 11 is 0. The smallest absolute Gasteiger partial charge is 0.306 e. The van der Waals surface area contributed by atoms with Crippen LogP contribution >= 0.6 is 0 Å². The number of esters is 1. The summed E-state index contributed by atoms with van der Waals surface area (Å²) in [5.74, 6) is 1.08. The molecule has 0 aromatic heterocycles. The Bertz CT molecular complexity index is 597. The number of nitrogens with zero attached hydrogens (tertiary/aromatic N) is 1. The van der Waals surface area contributed by atoms with Gasteiger partial charge >= 0.3 is 5.97 Å². The maximum Gasteiger partial charge on any atom is 0.306 e. The van der Waals surface area contributed by atoms with Crippen molar-refractivity contribution in [3.8, 4) is 5.75 Å². The average molecular weight is 360 g/mol. The molecule has 1 saturated heterocycles. The monoisotopic (exact) mass is 359 g/mol. The molecule has 1 aliphatic carbocycles. The first-order valence-corrected chi connectivity index (χ1v) is 10.3. The van der Waals surface area contributed by atoms with Crippen LogP contribution in [0.4, 0.5) is 0 Å². The summed E-state index contributed by atoms with van der Waals surface area (Å²) in [5.41, 5.74) is 0.581. The summed E-state index contributed by atoms with van der Waals surface area (Å²) in [5, 5.41) is 0. The summed E-state index contributed by atoms with van der Waals surface area (Å²) < 4.78 is 11.7. The van der Waals surface area contributed by atoms with Crippen molar-refractivity contribution in [1.82, 2.24) is 4.90 Å². The van der Waals surface area contributed by atoms with Crippen LogP contribution in [0.2, 0.25) is 0 Å². The highest BCUT2D eigenvalue weighted by Gasteiger charge is 2.46. The minimum absolute atomic E-state index is 0.0987. The van der Waals surface area contributed by atoms with Gasteiger partial charge in [0.05, 0.1) is 7.11 Å². The second-order valence-corrected chi connectivity index (χ2v) is 7.75. The molecule has 2 aliphatic rings. The number of hydrogen-bond acceptors (Lipinski definition) is 4. The second kappa shape index (κ2) is 8.90. The molecule has 4 heteroatoms. The Labute approximate surface area is 157 Å². The van der Waals surface area contributed by atoms with E-state index in [1.807, 2.05) is 19.1 Å². The molecule has 2 fully saturated rings. The first kappa shape index (κ1) is 19.2. The fourth-order valence-corrected chi connectivity index (χ4v) is 4.64. The molecular weight excluding hydrogens is 326 g/mol. The van der Waals surface area contributed by atoms with E-state index in [9.17, 15) is 4.79 Å². The van der Waals surface area contributed by atoms with Crippen LogP contribution in [0.3, 0.4) is 0 Å². The Morgan fingerprint density at radius 1 is 1.19 bits per heavy atom. The molecule has 0 amide bonds. The van der Waals surface area contributed by atoms with Crippen LogP contribution in [0.1, 0.15) is 63.9 Å². The predicted molar refractivity (Wildman–Crippen MR) is 103 cm³/mol. The Balaban J connectivity index is 1.93. The van der Waals surface area contributed by atoms with Gasteiger partial charge in [-0.05, 0) is 62.9 Å². The zero-order valence-electron chi connectivity index (χ0n) is 16.3. The van der Waals surface area contributed by atoms with E-state index in [2.05, 4.69) is 17.0 Å². The lowest BCUT2D eigenvalue weighted by Crippen LogP contribution is -2.48. The molecule has 0 spiro atoms. The molecule has 144 valence electrons. The van der Waals surface area contributed by atoms with E-state index < -0.39 is 5.60 Å². The number of carbonyl (C=O) groups is 1. The van der Waals surface area contributed by atoms with E-state index in [0.29, 0.717) is 12.3 Å². The van der Waals surface area contributed by atoms with Crippen molar-refractivity contribution in [2.75, 3.05) is 26.7 Å². The van der Waals surface area contributed by atoms with Gasteiger partial charge < -0.3 is 14.4 Å². The lowest BCUT2D eigenvalue weighted by Gasteiger charge is -2.46. The Morgan fingerprint density at radius 2 is 2.00 bits per heavy atom. The number of piperidine rings is 1. The van der Waals surface area contributed by atoms with E-state index >= 15 is 0 Å². The molecule has 2 atom stereocenters. The van der Waals surface area contributed by atoms with Gasteiger partial charge in [0.2, 0.25) is 0 Å². The number of methoxy groups -OCH3 is 1. The molecule has 1 aliphatic heterocycles. The topological polar surface area (TPSA) is 38.8 Å². The molecule has 1 heterocycles. The van der Waals surface area contributed by atoms with Gasteiger partial charge in [-0.25, -0.2) is 0 Å². The lowest BCUT2D eigenvalue weighted by atomic mass is 9.70. The van der Waals surface area contributed by atoms with Crippen LogP contribution in [0.25, 0.3) is 0 Å². The van der Waals surface area contributed by atoms with Gasteiger partial charge in [-0.1, -0.05) is 31.9 Å². The van der Waals surface area contributed by atoms with E-state index in [0.717, 1.165) is 37.1 Å². The Morgan fingerprint density at radius 3 is 2.73 bits per heavy atom. The molecule has 0 N–H and O–H groups in total. The van der Waals surface area contributed by atoms with Crippen molar-refractivity contribution < 1.29 is 14.3 Å². The quantitative estimate of drug-likeness (QED) is 0.700. The zero-order valence-corrected chi connectivity index (χ0v) is 16.3. The summed E-state index contributed by atoms with van der Waals surface area (Å²) in [6, 6.07) is 8.15. The maximum atomic E-state index is 12.4. The fourth-order valence-electron chi connectivity index (χ4n) is 4.64. The number of ether oxygens (including phenoxy) is 2. The van der Waals surface area contributed by atoms with Gasteiger partial charge in [-0.15, -0.1) is 0 Å². The third kappa shape index (κ3) is 4.22. The highest BCUT2D eigenvalue weighted by molar-refractivity contribution is 5.69. The Hall–Kier alpha value is -1.55. The number of carbonyl (C=O) groups excluding carboxylic acids is 1. The van der Waals surface area contributed by atoms with Crippen molar-refractivity contribution in [3.05, 3.63) is 29.8 Å². The van der Waals surface area contributed by atoms with Crippen LogP contribution in [0.15, 0.2) is 24.3 Å². The molecule has 1 saturated carbocycles. The fraction of sp³-hybridized carbons (Fsp3) is 0.682. The van der Waals surface area contributed by atoms with Gasteiger partial charge in [-0.2, -0.15) is 0 Å². The van der Waals surface area contributed by atoms with Gasteiger partial charge in [0.1, 0.15) is 11.4 Å². The van der Waals surface area contributed by atoms with E-state index in [-0.39, 0.29) is 5.97 Å². The number of benzene rings is 1. The summed E-state index contributed by atoms with van der Waals surface area (Å²) in [6.45, 7) is 5.25. The van der Waals surface area contributed by atoms with E-state index in [1.54, 1.807) is 7.11 Å². The normalized spacial score (nSPS) is 27.1. The molecule has 3 rings (SSSR count). The molecule has 1 aromatic rings. The minimum Gasteiger partial charge on any atom is -0.497 e. The molecule has 4 nitrogen and oxygen atoms in total. The molecule has 26 heavy (non-hydrogen) atoms. The molecule has 0 bridgehead atoms. The zero-order chi connectivity index (χ0) is 18.4. The standard InChI is InChI=1S/C22H33NO3/c1-3-21(24)26-22(18-11-9-12-20(16-18)25-2)13-6-5-10-19(22)17-23-14-7-4-8-15-23/h9,11-12,16,19H,3-8,10,13-15,17H2,1-2H3. The maximum absolute atomic E-state index is 12.4. The van der Waals surface area contributed by atoms with Gasteiger partial charge in [0.25, 0.3) is 0 Å². The third-order valence-electron chi connectivity index (χ3n) is 6.08. The minimum atomic E-state index is -0.517. The van der Waals surface area contributed by atoms with Crippen LogP contribution in [-0.4, -0.2) is 37.6 Å². The summed E-state index contributed by atoms with van der Waals surface area (Å²) in [6.07, 6.45) is 8.67. The van der Waals surface area contributed by atoms with Crippen LogP contribution in [0.5, 0.6) is 5.75 Å². The largest absolute Gasteiger partial charge is 0.497 e. The summed E-state index contributed by atoms with van der Waals surface area (Å²) in [7, 11) is 1.69. The van der Waals surface area contributed by atoms with Crippen molar-refractivity contribution in [1.29, 1.82) is 0 Å². The molecular formula is C22H33NO3. The van der Waals surface area contributed by atoms with Gasteiger partial charge in [-0.3, -0.25) is 4.79 Å². The van der Waals surface area contributed by atoms with Crippen LogP contribution in [-0.2, 0) is 15.1 Å². The predicted octanol–water partition coefficient (Wildman–Crippen LogP) is 4.52. The summed E-state index contributed by atoms with van der Waals surface area (Å²) in [4.78, 5) is 15.0. The third-order valence-corrected chi connectivity index (χ3v) is 6.08. The van der Waals surface area contributed by atoms with Crippen molar-refractivity contribution in [2.45, 2.75) is 63.9 Å².